The van der Waals surface area contributed by atoms with Crippen LogP contribution in [0.25, 0.3) is 0 Å². The number of aryl methyl sites for hydroxylation is 1. The van der Waals surface area contributed by atoms with Crippen LogP contribution < -0.4 is 5.32 Å². The second-order valence-electron chi connectivity index (χ2n) is 3.75. The van der Waals surface area contributed by atoms with Gasteiger partial charge in [0, 0.05) is 10.7 Å². The van der Waals surface area contributed by atoms with Gasteiger partial charge in [0.25, 0.3) is 5.91 Å². The minimum absolute atomic E-state index is 0.0545. The van der Waals surface area contributed by atoms with Gasteiger partial charge in [-0.25, -0.2) is 9.97 Å². The molecule has 0 saturated heterocycles. The molecule has 7 heteroatoms. The van der Waals surface area contributed by atoms with Crippen molar-refractivity contribution in [2.45, 2.75) is 6.92 Å². The second-order valence-corrected chi connectivity index (χ2v) is 5.34. The Morgan fingerprint density at radius 2 is 2.11 bits per heavy atom. The molecule has 1 N–H and O–H groups in total. The standard InChI is InChI=1S/C12H8BrCl2N3O/c1-6-4-10(16-5-8(6)13)18-12(19)7-2-3-9(14)17-11(7)15/h2-5H,1H3,(H,16,18,19). The number of anilines is 1. The number of carbonyl (C=O) groups is 1. The summed E-state index contributed by atoms with van der Waals surface area (Å²) in [4.78, 5) is 19.9. The van der Waals surface area contributed by atoms with Crippen LogP contribution in [0.5, 0.6) is 0 Å². The molecule has 0 aliphatic rings. The van der Waals surface area contributed by atoms with Gasteiger partial charge in [0.1, 0.15) is 16.1 Å². The van der Waals surface area contributed by atoms with E-state index in [0.29, 0.717) is 5.82 Å². The van der Waals surface area contributed by atoms with Gasteiger partial charge in [0.15, 0.2) is 0 Å². The largest absolute Gasteiger partial charge is 0.306 e. The minimum Gasteiger partial charge on any atom is -0.306 e. The zero-order valence-corrected chi connectivity index (χ0v) is 12.8. The monoisotopic (exact) mass is 359 g/mol. The molecule has 0 atom stereocenters. The molecule has 2 aromatic rings. The molecule has 0 saturated carbocycles. The lowest BCUT2D eigenvalue weighted by molar-refractivity contribution is 0.102. The van der Waals surface area contributed by atoms with Crippen molar-refractivity contribution in [3.8, 4) is 0 Å². The van der Waals surface area contributed by atoms with Crippen LogP contribution in [0.15, 0.2) is 28.9 Å². The van der Waals surface area contributed by atoms with Crippen molar-refractivity contribution in [1.82, 2.24) is 9.97 Å². The van der Waals surface area contributed by atoms with Crippen molar-refractivity contribution in [1.29, 1.82) is 0 Å². The third-order valence-corrected chi connectivity index (χ3v) is 3.68. The van der Waals surface area contributed by atoms with E-state index in [9.17, 15) is 4.79 Å². The third kappa shape index (κ3) is 3.43. The lowest BCUT2D eigenvalue weighted by Crippen LogP contribution is -2.14. The van der Waals surface area contributed by atoms with E-state index in [4.69, 9.17) is 23.2 Å². The van der Waals surface area contributed by atoms with Crippen LogP contribution in [-0.4, -0.2) is 15.9 Å². The van der Waals surface area contributed by atoms with Gasteiger partial charge in [-0.2, -0.15) is 0 Å². The predicted molar refractivity (Wildman–Crippen MR) is 78.9 cm³/mol. The Hall–Kier alpha value is -1.17. The van der Waals surface area contributed by atoms with E-state index in [1.807, 2.05) is 6.92 Å². The highest BCUT2D eigenvalue weighted by atomic mass is 79.9. The molecule has 0 bridgehead atoms. The Morgan fingerprint density at radius 3 is 2.74 bits per heavy atom. The summed E-state index contributed by atoms with van der Waals surface area (Å²) in [5, 5.41) is 2.94. The fourth-order valence-electron chi connectivity index (χ4n) is 1.37. The average molecular weight is 361 g/mol. The molecule has 2 aromatic heterocycles. The first-order chi connectivity index (χ1) is 8.97. The van der Waals surface area contributed by atoms with Gasteiger partial charge in [-0.1, -0.05) is 23.2 Å². The molecule has 0 spiro atoms. The zero-order chi connectivity index (χ0) is 14.0. The normalized spacial score (nSPS) is 10.3. The third-order valence-electron chi connectivity index (χ3n) is 2.35. The molecular formula is C12H8BrCl2N3O. The maximum Gasteiger partial charge on any atom is 0.259 e. The fourth-order valence-corrected chi connectivity index (χ4v) is 2.02. The van der Waals surface area contributed by atoms with E-state index in [1.54, 1.807) is 12.3 Å². The maximum absolute atomic E-state index is 12.0. The first kappa shape index (κ1) is 14.2. The molecular weight excluding hydrogens is 353 g/mol. The Kier molecular flexibility index (Phi) is 4.39. The summed E-state index contributed by atoms with van der Waals surface area (Å²) in [5.74, 6) is 0.0557. The van der Waals surface area contributed by atoms with Gasteiger partial charge in [-0.3, -0.25) is 4.79 Å². The van der Waals surface area contributed by atoms with Crippen molar-refractivity contribution in [3.05, 3.63) is 50.3 Å². The maximum atomic E-state index is 12.0. The van der Waals surface area contributed by atoms with Crippen LogP contribution in [0, 0.1) is 6.92 Å². The lowest BCUT2D eigenvalue weighted by Gasteiger charge is -2.07. The minimum atomic E-state index is -0.386. The Bertz CT molecular complexity index is 649. The van der Waals surface area contributed by atoms with Crippen molar-refractivity contribution >= 4 is 50.9 Å². The van der Waals surface area contributed by atoms with Crippen molar-refractivity contribution < 1.29 is 4.79 Å². The number of aromatic nitrogens is 2. The number of pyridine rings is 2. The summed E-state index contributed by atoms with van der Waals surface area (Å²) in [5.41, 5.74) is 1.21. The van der Waals surface area contributed by atoms with Crippen LogP contribution in [0.2, 0.25) is 10.3 Å². The van der Waals surface area contributed by atoms with E-state index in [2.05, 4.69) is 31.2 Å². The summed E-state index contributed by atoms with van der Waals surface area (Å²) < 4.78 is 0.872. The molecule has 1 amide bonds. The molecule has 0 unspecified atom stereocenters. The highest BCUT2D eigenvalue weighted by Gasteiger charge is 2.13. The van der Waals surface area contributed by atoms with Gasteiger partial charge in [-0.05, 0) is 46.6 Å². The first-order valence-corrected chi connectivity index (χ1v) is 6.78. The topological polar surface area (TPSA) is 54.9 Å². The van der Waals surface area contributed by atoms with E-state index >= 15 is 0 Å². The van der Waals surface area contributed by atoms with E-state index in [-0.39, 0.29) is 21.8 Å². The van der Waals surface area contributed by atoms with Crippen molar-refractivity contribution in [2.75, 3.05) is 5.32 Å². The summed E-state index contributed by atoms with van der Waals surface area (Å²) >= 11 is 14.9. The van der Waals surface area contributed by atoms with E-state index in [0.717, 1.165) is 10.0 Å². The molecule has 19 heavy (non-hydrogen) atoms. The van der Waals surface area contributed by atoms with Crippen molar-refractivity contribution in [3.63, 3.8) is 0 Å². The first-order valence-electron chi connectivity index (χ1n) is 5.23. The molecule has 0 aliphatic heterocycles. The second kappa shape index (κ2) is 5.86. The predicted octanol–water partition coefficient (Wildman–Crippen LogP) is 4.11. The summed E-state index contributed by atoms with van der Waals surface area (Å²) in [6.45, 7) is 1.90. The fraction of sp³-hybridized carbons (Fsp3) is 0.0833. The van der Waals surface area contributed by atoms with E-state index < -0.39 is 0 Å². The summed E-state index contributed by atoms with van der Waals surface area (Å²) in [6, 6.07) is 4.76. The Balaban J connectivity index is 2.23. The summed E-state index contributed by atoms with van der Waals surface area (Å²) in [7, 11) is 0. The quantitative estimate of drug-likeness (QED) is 0.820. The average Bonchev–Trinajstić information content (AvgIpc) is 2.33. The molecule has 0 aliphatic carbocycles. The summed E-state index contributed by atoms with van der Waals surface area (Å²) in [6.07, 6.45) is 1.62. The Morgan fingerprint density at radius 1 is 1.37 bits per heavy atom. The lowest BCUT2D eigenvalue weighted by atomic mass is 10.2. The van der Waals surface area contributed by atoms with Crippen LogP contribution in [0.4, 0.5) is 5.82 Å². The number of halogens is 3. The molecule has 2 rings (SSSR count). The molecule has 0 radical (unpaired) electrons. The van der Waals surface area contributed by atoms with Crippen LogP contribution >= 0.6 is 39.1 Å². The molecule has 2 heterocycles. The number of nitrogens with one attached hydrogen (secondary N) is 1. The number of rotatable bonds is 2. The van der Waals surface area contributed by atoms with Gasteiger partial charge in [0.05, 0.1) is 5.56 Å². The number of amides is 1. The molecule has 0 fully saturated rings. The van der Waals surface area contributed by atoms with Gasteiger partial charge >= 0.3 is 0 Å². The van der Waals surface area contributed by atoms with Crippen LogP contribution in [0.3, 0.4) is 0 Å². The molecule has 0 aromatic carbocycles. The number of nitrogens with zero attached hydrogens (tertiary/aromatic N) is 2. The van der Waals surface area contributed by atoms with Crippen LogP contribution in [-0.2, 0) is 0 Å². The molecule has 98 valence electrons. The highest BCUT2D eigenvalue weighted by molar-refractivity contribution is 9.10. The SMILES string of the molecule is Cc1cc(NC(=O)c2ccc(Cl)nc2Cl)ncc1Br. The molecule has 4 nitrogen and oxygen atoms in total. The zero-order valence-electron chi connectivity index (χ0n) is 9.75. The number of hydrogen-bond donors (Lipinski definition) is 1. The van der Waals surface area contributed by atoms with E-state index in [1.165, 1.54) is 12.1 Å². The van der Waals surface area contributed by atoms with Gasteiger partial charge in [0.2, 0.25) is 0 Å². The highest BCUT2D eigenvalue weighted by Crippen LogP contribution is 2.20. The van der Waals surface area contributed by atoms with Crippen molar-refractivity contribution in [2.24, 2.45) is 0 Å². The van der Waals surface area contributed by atoms with Gasteiger partial charge in [-0.15, -0.1) is 0 Å². The number of carbonyl (C=O) groups excluding carboxylic acids is 1. The van der Waals surface area contributed by atoms with Gasteiger partial charge < -0.3 is 5.32 Å². The Labute approximate surface area is 128 Å². The van der Waals surface area contributed by atoms with Crippen LogP contribution in [0.1, 0.15) is 15.9 Å². The number of hydrogen-bond acceptors (Lipinski definition) is 3. The smallest absolute Gasteiger partial charge is 0.259 e.